The SMILES string of the molecule is C/C(=N/O)C(Cc1ccc(O)cc1)/C(C)=N/O. The van der Waals surface area contributed by atoms with E-state index >= 15 is 0 Å². The van der Waals surface area contributed by atoms with Gasteiger partial charge in [0.2, 0.25) is 0 Å². The lowest BCUT2D eigenvalue weighted by Gasteiger charge is -2.14. The average molecular weight is 236 g/mol. The Hall–Kier alpha value is -2.04. The molecule has 1 unspecified atom stereocenters. The number of oxime groups is 2. The van der Waals surface area contributed by atoms with E-state index in [0.29, 0.717) is 17.8 Å². The standard InChI is InChI=1S/C12H16N2O3/c1-8(13-16)12(9(2)14-17)7-10-3-5-11(15)6-4-10/h3-6,12,15-17H,7H2,1-2H3/b13-8-,14-9+. The van der Waals surface area contributed by atoms with E-state index in [1.165, 1.54) is 0 Å². The van der Waals surface area contributed by atoms with Crippen molar-refractivity contribution in [1.29, 1.82) is 0 Å². The lowest BCUT2D eigenvalue weighted by atomic mass is 9.91. The summed E-state index contributed by atoms with van der Waals surface area (Å²) < 4.78 is 0. The molecule has 0 saturated carbocycles. The van der Waals surface area contributed by atoms with Crippen LogP contribution < -0.4 is 0 Å². The first-order valence-corrected chi connectivity index (χ1v) is 5.23. The average Bonchev–Trinajstić information content (AvgIpc) is 2.36. The predicted molar refractivity (Wildman–Crippen MR) is 65.1 cm³/mol. The molecule has 1 rings (SSSR count). The van der Waals surface area contributed by atoms with Crippen LogP contribution in [0.15, 0.2) is 34.6 Å². The fraction of sp³-hybridized carbons (Fsp3) is 0.333. The smallest absolute Gasteiger partial charge is 0.115 e. The summed E-state index contributed by atoms with van der Waals surface area (Å²) in [5.74, 6) is -0.0556. The summed E-state index contributed by atoms with van der Waals surface area (Å²) in [6.45, 7) is 3.33. The van der Waals surface area contributed by atoms with Gasteiger partial charge in [-0.25, -0.2) is 0 Å². The van der Waals surface area contributed by atoms with Crippen molar-refractivity contribution >= 4 is 11.4 Å². The molecule has 0 aliphatic heterocycles. The van der Waals surface area contributed by atoms with Crippen LogP contribution in [0.4, 0.5) is 0 Å². The molecule has 0 aliphatic carbocycles. The first-order valence-electron chi connectivity index (χ1n) is 5.23. The fourth-order valence-corrected chi connectivity index (χ4v) is 1.60. The maximum atomic E-state index is 9.17. The van der Waals surface area contributed by atoms with E-state index < -0.39 is 0 Å². The maximum Gasteiger partial charge on any atom is 0.115 e. The Morgan fingerprint density at radius 1 is 1.06 bits per heavy atom. The third-order valence-electron chi connectivity index (χ3n) is 2.70. The molecule has 0 aliphatic rings. The third-order valence-corrected chi connectivity index (χ3v) is 2.70. The molecular formula is C12H16N2O3. The van der Waals surface area contributed by atoms with Crippen molar-refractivity contribution in [1.82, 2.24) is 0 Å². The zero-order chi connectivity index (χ0) is 12.8. The van der Waals surface area contributed by atoms with Crippen molar-refractivity contribution in [3.05, 3.63) is 29.8 Å². The molecule has 0 amide bonds. The molecule has 0 spiro atoms. The van der Waals surface area contributed by atoms with E-state index in [0.717, 1.165) is 5.56 Å². The highest BCUT2D eigenvalue weighted by atomic mass is 16.4. The summed E-state index contributed by atoms with van der Waals surface area (Å²) in [5.41, 5.74) is 1.92. The van der Waals surface area contributed by atoms with Crippen molar-refractivity contribution in [2.45, 2.75) is 20.3 Å². The monoisotopic (exact) mass is 236 g/mol. The first-order chi connectivity index (χ1) is 8.08. The normalized spacial score (nSPS) is 14.7. The molecule has 5 heteroatoms. The minimum absolute atomic E-state index is 0.199. The molecule has 92 valence electrons. The lowest BCUT2D eigenvalue weighted by Crippen LogP contribution is -2.22. The van der Waals surface area contributed by atoms with Crippen molar-refractivity contribution < 1.29 is 15.5 Å². The van der Waals surface area contributed by atoms with E-state index in [2.05, 4.69) is 10.3 Å². The highest BCUT2D eigenvalue weighted by molar-refractivity contribution is 6.05. The minimum Gasteiger partial charge on any atom is -0.508 e. The van der Waals surface area contributed by atoms with E-state index in [1.807, 2.05) is 0 Å². The van der Waals surface area contributed by atoms with Crippen LogP contribution in [-0.4, -0.2) is 26.9 Å². The molecule has 0 heterocycles. The third kappa shape index (κ3) is 3.48. The second kappa shape index (κ2) is 5.89. The van der Waals surface area contributed by atoms with Crippen LogP contribution in [0.2, 0.25) is 0 Å². The van der Waals surface area contributed by atoms with Gasteiger partial charge in [-0.15, -0.1) is 0 Å². The Kier molecular flexibility index (Phi) is 4.51. The van der Waals surface area contributed by atoms with Gasteiger partial charge in [0.15, 0.2) is 0 Å². The van der Waals surface area contributed by atoms with Crippen LogP contribution in [0.5, 0.6) is 5.75 Å². The molecule has 1 aromatic carbocycles. The first kappa shape index (κ1) is 13.0. The van der Waals surface area contributed by atoms with Crippen LogP contribution in [0.3, 0.4) is 0 Å². The van der Waals surface area contributed by atoms with E-state index in [-0.39, 0.29) is 11.7 Å². The molecular weight excluding hydrogens is 220 g/mol. The van der Waals surface area contributed by atoms with Crippen LogP contribution in [0, 0.1) is 5.92 Å². The molecule has 5 nitrogen and oxygen atoms in total. The largest absolute Gasteiger partial charge is 0.508 e. The van der Waals surface area contributed by atoms with Crippen LogP contribution in [0.1, 0.15) is 19.4 Å². The van der Waals surface area contributed by atoms with Crippen molar-refractivity contribution in [3.8, 4) is 5.75 Å². The van der Waals surface area contributed by atoms with E-state index in [1.54, 1.807) is 38.1 Å². The van der Waals surface area contributed by atoms with Gasteiger partial charge < -0.3 is 15.5 Å². The zero-order valence-corrected chi connectivity index (χ0v) is 9.83. The second-order valence-electron chi connectivity index (χ2n) is 3.91. The Morgan fingerprint density at radius 2 is 1.53 bits per heavy atom. The summed E-state index contributed by atoms with van der Waals surface area (Å²) in [6.07, 6.45) is 0.548. The van der Waals surface area contributed by atoms with Gasteiger partial charge in [-0.05, 0) is 38.0 Å². The van der Waals surface area contributed by atoms with Crippen LogP contribution in [-0.2, 0) is 6.42 Å². The number of hydrogen-bond donors (Lipinski definition) is 3. The van der Waals surface area contributed by atoms with Crippen molar-refractivity contribution in [2.24, 2.45) is 16.2 Å². The summed E-state index contributed by atoms with van der Waals surface area (Å²) in [5, 5.41) is 33.0. The van der Waals surface area contributed by atoms with Gasteiger partial charge in [0.25, 0.3) is 0 Å². The molecule has 1 aromatic rings. The highest BCUT2D eigenvalue weighted by Crippen LogP contribution is 2.16. The molecule has 0 fully saturated rings. The number of phenolic OH excluding ortho intramolecular Hbond substituents is 1. The molecule has 17 heavy (non-hydrogen) atoms. The number of phenols is 1. The maximum absolute atomic E-state index is 9.17. The molecule has 0 aromatic heterocycles. The fourth-order valence-electron chi connectivity index (χ4n) is 1.60. The van der Waals surface area contributed by atoms with Crippen molar-refractivity contribution in [2.75, 3.05) is 0 Å². The molecule has 0 bridgehead atoms. The Morgan fingerprint density at radius 3 is 1.94 bits per heavy atom. The predicted octanol–water partition coefficient (Wildman–Crippen LogP) is 2.25. The van der Waals surface area contributed by atoms with Gasteiger partial charge in [-0.2, -0.15) is 0 Å². The molecule has 0 radical (unpaired) electrons. The zero-order valence-electron chi connectivity index (χ0n) is 9.83. The van der Waals surface area contributed by atoms with Gasteiger partial charge in [-0.3, -0.25) is 0 Å². The summed E-state index contributed by atoms with van der Waals surface area (Å²) in [7, 11) is 0. The van der Waals surface area contributed by atoms with Crippen LogP contribution >= 0.6 is 0 Å². The van der Waals surface area contributed by atoms with Crippen molar-refractivity contribution in [3.63, 3.8) is 0 Å². The molecule has 3 N–H and O–H groups in total. The van der Waals surface area contributed by atoms with E-state index in [4.69, 9.17) is 10.4 Å². The van der Waals surface area contributed by atoms with Gasteiger partial charge >= 0.3 is 0 Å². The van der Waals surface area contributed by atoms with E-state index in [9.17, 15) is 5.11 Å². The Balaban J connectivity index is 2.91. The van der Waals surface area contributed by atoms with Crippen LogP contribution in [0.25, 0.3) is 0 Å². The second-order valence-corrected chi connectivity index (χ2v) is 3.91. The number of aromatic hydroxyl groups is 1. The number of hydrogen-bond acceptors (Lipinski definition) is 5. The summed E-state index contributed by atoms with van der Waals surface area (Å²) in [6, 6.07) is 6.72. The summed E-state index contributed by atoms with van der Waals surface area (Å²) in [4.78, 5) is 0. The van der Waals surface area contributed by atoms with Gasteiger partial charge in [0.1, 0.15) is 5.75 Å². The number of benzene rings is 1. The number of rotatable bonds is 4. The molecule has 1 atom stereocenters. The van der Waals surface area contributed by atoms with Gasteiger partial charge in [0.05, 0.1) is 11.4 Å². The summed E-state index contributed by atoms with van der Waals surface area (Å²) >= 11 is 0. The quantitative estimate of drug-likeness (QED) is 0.426. The number of nitrogens with zero attached hydrogens (tertiary/aromatic N) is 2. The lowest BCUT2D eigenvalue weighted by molar-refractivity contribution is 0.311. The Labute approximate surface area is 99.7 Å². The highest BCUT2D eigenvalue weighted by Gasteiger charge is 2.17. The topological polar surface area (TPSA) is 85.4 Å². The van der Waals surface area contributed by atoms with Gasteiger partial charge in [0, 0.05) is 5.92 Å². The Bertz CT molecular complexity index is 406. The van der Waals surface area contributed by atoms with Gasteiger partial charge in [-0.1, -0.05) is 22.4 Å². The molecule has 0 saturated heterocycles. The minimum atomic E-state index is -0.255.